The van der Waals surface area contributed by atoms with Crippen LogP contribution in [0.3, 0.4) is 0 Å². The lowest BCUT2D eigenvalue weighted by molar-refractivity contribution is 0.0726. The third-order valence-electron chi connectivity index (χ3n) is 4.10. The lowest BCUT2D eigenvalue weighted by atomic mass is 9.98. The molecule has 0 radical (unpaired) electrons. The van der Waals surface area contributed by atoms with Gasteiger partial charge in [0.2, 0.25) is 10.0 Å². The van der Waals surface area contributed by atoms with Crippen LogP contribution in [0.4, 0.5) is 0 Å². The summed E-state index contributed by atoms with van der Waals surface area (Å²) in [6, 6.07) is 1.23. The molecule has 1 fully saturated rings. The van der Waals surface area contributed by atoms with Gasteiger partial charge in [0.25, 0.3) is 5.91 Å². The lowest BCUT2D eigenvalue weighted by Crippen LogP contribution is -2.31. The van der Waals surface area contributed by atoms with Crippen LogP contribution in [0.25, 0.3) is 0 Å². The van der Waals surface area contributed by atoms with Crippen LogP contribution < -0.4 is 5.14 Å². The van der Waals surface area contributed by atoms with Gasteiger partial charge in [-0.05, 0) is 32.1 Å². The van der Waals surface area contributed by atoms with Crippen LogP contribution >= 0.6 is 0 Å². The second-order valence-corrected chi connectivity index (χ2v) is 7.10. The molecule has 1 aromatic heterocycles. The van der Waals surface area contributed by atoms with E-state index in [1.807, 2.05) is 0 Å². The fraction of sp³-hybridized carbons (Fsp3) is 0.643. The molecular formula is C14H22N2O4S. The van der Waals surface area contributed by atoms with Gasteiger partial charge in [-0.2, -0.15) is 0 Å². The lowest BCUT2D eigenvalue weighted by Gasteiger charge is -2.19. The Balaban J connectivity index is 2.17. The number of primary sulfonamides is 1. The molecule has 7 heteroatoms. The summed E-state index contributed by atoms with van der Waals surface area (Å²) in [7, 11) is -3.86. The summed E-state index contributed by atoms with van der Waals surface area (Å²) < 4.78 is 28.1. The third kappa shape index (κ3) is 3.65. The van der Waals surface area contributed by atoms with Gasteiger partial charge in [0.15, 0.2) is 5.76 Å². The maximum Gasteiger partial charge on any atom is 0.289 e. The highest BCUT2D eigenvalue weighted by molar-refractivity contribution is 7.89. The molecular weight excluding hydrogens is 292 g/mol. The molecule has 1 unspecified atom stereocenters. The van der Waals surface area contributed by atoms with E-state index in [4.69, 9.17) is 9.56 Å². The van der Waals surface area contributed by atoms with Gasteiger partial charge in [-0.3, -0.25) is 4.79 Å². The fourth-order valence-corrected chi connectivity index (χ4v) is 3.50. The molecule has 1 amide bonds. The van der Waals surface area contributed by atoms with Crippen LogP contribution in [-0.4, -0.2) is 32.3 Å². The number of likely N-dealkylation sites (tertiary alicyclic amines) is 1. The van der Waals surface area contributed by atoms with Crippen molar-refractivity contribution in [2.45, 2.75) is 44.4 Å². The van der Waals surface area contributed by atoms with Crippen molar-refractivity contribution in [3.05, 3.63) is 17.6 Å². The summed E-state index contributed by atoms with van der Waals surface area (Å²) in [5.74, 6) is 0.597. The third-order valence-corrected chi connectivity index (χ3v) is 5.12. The Morgan fingerprint density at radius 3 is 2.71 bits per heavy atom. The molecule has 0 bridgehead atoms. The zero-order valence-electron chi connectivity index (χ0n) is 12.5. The number of sulfonamides is 1. The van der Waals surface area contributed by atoms with Gasteiger partial charge < -0.3 is 9.32 Å². The van der Waals surface area contributed by atoms with Crippen molar-refractivity contribution in [1.82, 2.24) is 4.90 Å². The van der Waals surface area contributed by atoms with Gasteiger partial charge in [0, 0.05) is 19.2 Å². The molecule has 0 spiro atoms. The number of nitrogens with zero attached hydrogens (tertiary/aromatic N) is 1. The topological polar surface area (TPSA) is 93.6 Å². The number of amides is 1. The van der Waals surface area contributed by atoms with Crippen LogP contribution in [0.5, 0.6) is 0 Å². The monoisotopic (exact) mass is 314 g/mol. The molecule has 1 atom stereocenters. The Morgan fingerprint density at radius 1 is 1.43 bits per heavy atom. The Bertz CT molecular complexity index is 621. The fourth-order valence-electron chi connectivity index (χ4n) is 2.79. The molecule has 118 valence electrons. The maximum absolute atomic E-state index is 12.4. The average molecular weight is 314 g/mol. The van der Waals surface area contributed by atoms with E-state index in [2.05, 4.69) is 6.92 Å². The minimum Gasteiger partial charge on any atom is -0.455 e. The minimum atomic E-state index is -3.86. The minimum absolute atomic E-state index is 0.0477. The molecule has 1 aliphatic heterocycles. The first-order valence-electron chi connectivity index (χ1n) is 7.25. The van der Waals surface area contributed by atoms with E-state index in [1.54, 1.807) is 4.90 Å². The number of hydrogen-bond acceptors (Lipinski definition) is 4. The Labute approximate surface area is 125 Å². The van der Waals surface area contributed by atoms with E-state index >= 15 is 0 Å². The standard InChI is InChI=1S/C14H22N2O4S/c1-3-11-5-4-7-16(8-6-11)14(17)12-9-13(10(2)20-12)21(15,18)19/h9,11H,3-8H2,1-2H3,(H2,15,18,19). The molecule has 1 aliphatic rings. The van der Waals surface area contributed by atoms with Crippen LogP contribution in [0.1, 0.15) is 48.9 Å². The zero-order chi connectivity index (χ0) is 15.6. The second-order valence-electron chi connectivity index (χ2n) is 5.57. The Kier molecular flexibility index (Phi) is 4.73. The van der Waals surface area contributed by atoms with E-state index in [1.165, 1.54) is 13.0 Å². The number of carbonyl (C=O) groups is 1. The molecule has 1 aromatic rings. The summed E-state index contributed by atoms with van der Waals surface area (Å²) in [4.78, 5) is 14.1. The highest BCUT2D eigenvalue weighted by Crippen LogP contribution is 2.24. The summed E-state index contributed by atoms with van der Waals surface area (Å²) in [5, 5.41) is 5.10. The number of carbonyl (C=O) groups excluding carboxylic acids is 1. The van der Waals surface area contributed by atoms with Crippen molar-refractivity contribution in [3.8, 4) is 0 Å². The van der Waals surface area contributed by atoms with Gasteiger partial charge in [-0.1, -0.05) is 13.3 Å². The number of hydrogen-bond donors (Lipinski definition) is 1. The molecule has 2 rings (SSSR count). The van der Waals surface area contributed by atoms with E-state index in [0.29, 0.717) is 19.0 Å². The molecule has 1 saturated heterocycles. The smallest absolute Gasteiger partial charge is 0.289 e. The van der Waals surface area contributed by atoms with Gasteiger partial charge in [-0.15, -0.1) is 0 Å². The normalized spacial score (nSPS) is 20.3. The number of rotatable bonds is 3. The highest BCUT2D eigenvalue weighted by atomic mass is 32.2. The van der Waals surface area contributed by atoms with Crippen LogP contribution in [-0.2, 0) is 10.0 Å². The van der Waals surface area contributed by atoms with E-state index < -0.39 is 10.0 Å². The largest absolute Gasteiger partial charge is 0.455 e. The first-order valence-corrected chi connectivity index (χ1v) is 8.80. The van der Waals surface area contributed by atoms with Crippen LogP contribution in [0.15, 0.2) is 15.4 Å². The average Bonchev–Trinajstić information content (AvgIpc) is 2.67. The maximum atomic E-state index is 12.4. The Morgan fingerprint density at radius 2 is 2.14 bits per heavy atom. The van der Waals surface area contributed by atoms with E-state index in [9.17, 15) is 13.2 Å². The highest BCUT2D eigenvalue weighted by Gasteiger charge is 2.26. The molecule has 6 nitrogen and oxygen atoms in total. The van der Waals surface area contributed by atoms with Gasteiger partial charge in [0.1, 0.15) is 10.7 Å². The van der Waals surface area contributed by atoms with Crippen molar-refractivity contribution in [1.29, 1.82) is 0 Å². The molecule has 21 heavy (non-hydrogen) atoms. The first-order chi connectivity index (χ1) is 9.82. The zero-order valence-corrected chi connectivity index (χ0v) is 13.3. The molecule has 2 heterocycles. The van der Waals surface area contributed by atoms with Crippen molar-refractivity contribution in [2.75, 3.05) is 13.1 Å². The summed E-state index contributed by atoms with van der Waals surface area (Å²) >= 11 is 0. The van der Waals surface area contributed by atoms with E-state index in [0.717, 1.165) is 25.7 Å². The van der Waals surface area contributed by atoms with Crippen molar-refractivity contribution in [2.24, 2.45) is 11.1 Å². The number of furan rings is 1. The quantitative estimate of drug-likeness (QED) is 0.921. The van der Waals surface area contributed by atoms with E-state index in [-0.39, 0.29) is 22.3 Å². The Hall–Kier alpha value is -1.34. The molecule has 0 aromatic carbocycles. The molecule has 2 N–H and O–H groups in total. The van der Waals surface area contributed by atoms with Gasteiger partial charge >= 0.3 is 0 Å². The molecule has 0 aliphatic carbocycles. The van der Waals surface area contributed by atoms with Crippen LogP contribution in [0, 0.1) is 12.8 Å². The van der Waals surface area contributed by atoms with Gasteiger partial charge in [-0.25, -0.2) is 13.6 Å². The predicted molar refractivity (Wildman–Crippen MR) is 78.4 cm³/mol. The van der Waals surface area contributed by atoms with Crippen molar-refractivity contribution >= 4 is 15.9 Å². The van der Waals surface area contributed by atoms with Crippen LogP contribution in [0.2, 0.25) is 0 Å². The second kappa shape index (κ2) is 6.19. The predicted octanol–water partition coefficient (Wildman–Crippen LogP) is 1.89. The summed E-state index contributed by atoms with van der Waals surface area (Å²) in [6.07, 6.45) is 4.19. The van der Waals surface area contributed by atoms with Crippen molar-refractivity contribution < 1.29 is 17.6 Å². The van der Waals surface area contributed by atoms with Gasteiger partial charge in [0.05, 0.1) is 0 Å². The summed E-state index contributed by atoms with van der Waals surface area (Å²) in [6.45, 7) is 5.02. The SMILES string of the molecule is CCC1CCCN(C(=O)c2cc(S(N)(=O)=O)c(C)o2)CC1. The number of nitrogens with two attached hydrogens (primary N) is 1. The summed E-state index contributed by atoms with van der Waals surface area (Å²) in [5.41, 5.74) is 0. The first kappa shape index (κ1) is 16.0. The molecule has 0 saturated carbocycles. The number of aryl methyl sites for hydroxylation is 1. The van der Waals surface area contributed by atoms with Crippen molar-refractivity contribution in [3.63, 3.8) is 0 Å².